The summed E-state index contributed by atoms with van der Waals surface area (Å²) in [4.78, 5) is 30.5. The van der Waals surface area contributed by atoms with E-state index in [1.807, 2.05) is 5.48 Å². The number of rotatable bonds is 8. The van der Waals surface area contributed by atoms with Gasteiger partial charge in [-0.15, -0.1) is 0 Å². The first-order valence-electron chi connectivity index (χ1n) is 10.4. The lowest BCUT2D eigenvalue weighted by Crippen LogP contribution is -2.70. The molecule has 0 amide bonds. The standard InChI is InChI=1S/C20H22BrFN6O4S/c21-12-10-11(4-5-13(12)22)24-19(25-31)15-20(27-32-26-15)33-9-6-23-14-16(18(30)17(14)29)28-7-2-1-3-8-28/h4-5,10,14,16,23,31H,1-3,6-9H2,(H,24,25). The predicted molar refractivity (Wildman–Crippen MR) is 121 cm³/mol. The molecular weight excluding hydrogens is 519 g/mol. The molecule has 1 aliphatic carbocycles. The van der Waals surface area contributed by atoms with Crippen molar-refractivity contribution in [2.75, 3.05) is 25.4 Å². The molecule has 4 rings (SSSR count). The van der Waals surface area contributed by atoms with Gasteiger partial charge >= 0.3 is 0 Å². The van der Waals surface area contributed by atoms with E-state index in [0.717, 1.165) is 32.4 Å². The monoisotopic (exact) mass is 540 g/mol. The largest absolute Gasteiger partial charge is 0.305 e. The summed E-state index contributed by atoms with van der Waals surface area (Å²) >= 11 is 4.38. The van der Waals surface area contributed by atoms with E-state index < -0.39 is 11.9 Å². The third kappa shape index (κ3) is 5.32. The van der Waals surface area contributed by atoms with Gasteiger partial charge in [-0.05, 0) is 70.4 Å². The number of likely N-dealkylation sites (tertiary alicyclic amines) is 1. The first kappa shape index (κ1) is 24.0. The van der Waals surface area contributed by atoms with Crippen molar-refractivity contribution in [1.82, 2.24) is 26.0 Å². The number of hydrogen-bond acceptors (Lipinski definition) is 10. The van der Waals surface area contributed by atoms with Gasteiger partial charge in [-0.1, -0.05) is 18.2 Å². The number of nitrogens with zero attached hydrogens (tertiary/aromatic N) is 4. The lowest BCUT2D eigenvalue weighted by atomic mass is 9.81. The van der Waals surface area contributed by atoms with E-state index in [-0.39, 0.29) is 33.6 Å². The van der Waals surface area contributed by atoms with Gasteiger partial charge in [-0.2, -0.15) is 0 Å². The zero-order chi connectivity index (χ0) is 23.4. The molecule has 1 saturated carbocycles. The molecule has 2 fully saturated rings. The van der Waals surface area contributed by atoms with Crippen LogP contribution in [0.3, 0.4) is 0 Å². The van der Waals surface area contributed by atoms with Gasteiger partial charge < -0.3 is 5.32 Å². The van der Waals surface area contributed by atoms with Crippen molar-refractivity contribution in [3.05, 3.63) is 34.2 Å². The summed E-state index contributed by atoms with van der Waals surface area (Å²) < 4.78 is 18.5. The Kier molecular flexibility index (Phi) is 7.86. The molecule has 10 nitrogen and oxygen atoms in total. The Hall–Kier alpha value is -2.19. The van der Waals surface area contributed by atoms with Gasteiger partial charge in [0.1, 0.15) is 5.82 Å². The quantitative estimate of drug-likeness (QED) is 0.114. The molecule has 0 radical (unpaired) electrons. The maximum absolute atomic E-state index is 13.4. The molecule has 0 bridgehead atoms. The molecule has 13 heteroatoms. The smallest absolute Gasteiger partial charge is 0.219 e. The van der Waals surface area contributed by atoms with Crippen LogP contribution in [0.4, 0.5) is 10.1 Å². The van der Waals surface area contributed by atoms with Gasteiger partial charge in [0.25, 0.3) is 0 Å². The van der Waals surface area contributed by atoms with E-state index >= 15 is 0 Å². The molecule has 0 spiro atoms. The van der Waals surface area contributed by atoms with Crippen molar-refractivity contribution < 1.29 is 23.8 Å². The molecule has 3 N–H and O–H groups in total. The molecule has 1 aliphatic heterocycles. The third-order valence-electron chi connectivity index (χ3n) is 5.53. The van der Waals surface area contributed by atoms with Crippen LogP contribution < -0.4 is 10.8 Å². The Labute approximate surface area is 201 Å². The summed E-state index contributed by atoms with van der Waals surface area (Å²) in [6.45, 7) is 2.13. The fraction of sp³-hybridized carbons (Fsp3) is 0.450. The summed E-state index contributed by atoms with van der Waals surface area (Å²) in [6.07, 6.45) is 3.24. The molecule has 176 valence electrons. The number of ketones is 2. The topological polar surface area (TPSA) is 133 Å². The molecule has 2 atom stereocenters. The summed E-state index contributed by atoms with van der Waals surface area (Å²) in [5, 5.41) is 20.7. The highest BCUT2D eigenvalue weighted by Gasteiger charge is 2.51. The maximum Gasteiger partial charge on any atom is 0.219 e. The highest BCUT2D eigenvalue weighted by molar-refractivity contribution is 9.10. The van der Waals surface area contributed by atoms with E-state index in [2.05, 4.69) is 41.5 Å². The highest BCUT2D eigenvalue weighted by atomic mass is 79.9. The van der Waals surface area contributed by atoms with Crippen LogP contribution in [0.2, 0.25) is 0 Å². The van der Waals surface area contributed by atoms with Crippen molar-refractivity contribution in [2.24, 2.45) is 4.99 Å². The van der Waals surface area contributed by atoms with Gasteiger partial charge in [0, 0.05) is 12.3 Å². The number of Topliss-reactive ketones (excluding diaryl/α,β-unsaturated/α-hetero) is 2. The minimum Gasteiger partial charge on any atom is -0.305 e. The Morgan fingerprint density at radius 3 is 2.79 bits per heavy atom. The van der Waals surface area contributed by atoms with E-state index in [9.17, 15) is 19.2 Å². The number of nitrogens with one attached hydrogen (secondary N) is 2. The number of aliphatic imine (C=N–C) groups is 1. The van der Waals surface area contributed by atoms with Crippen molar-refractivity contribution >= 4 is 50.8 Å². The van der Waals surface area contributed by atoms with Crippen LogP contribution in [-0.4, -0.2) is 75.3 Å². The van der Waals surface area contributed by atoms with Crippen LogP contribution in [0, 0.1) is 5.82 Å². The molecule has 2 heterocycles. The second-order valence-electron chi connectivity index (χ2n) is 7.64. The fourth-order valence-corrected chi connectivity index (χ4v) is 5.01. The van der Waals surface area contributed by atoms with Crippen LogP contribution >= 0.6 is 27.7 Å². The van der Waals surface area contributed by atoms with E-state index in [1.54, 1.807) is 0 Å². The summed E-state index contributed by atoms with van der Waals surface area (Å²) in [6, 6.07) is 3.27. The minimum absolute atomic E-state index is 0.0184. The number of halogens is 2. The van der Waals surface area contributed by atoms with Gasteiger partial charge in [0.05, 0.1) is 22.2 Å². The molecule has 2 aromatic rings. The number of piperidine rings is 1. The average molecular weight is 541 g/mol. The number of benzene rings is 1. The number of thioether (sulfide) groups is 1. The Bertz CT molecular complexity index is 1060. The lowest BCUT2D eigenvalue weighted by Gasteiger charge is -2.43. The van der Waals surface area contributed by atoms with E-state index in [0.29, 0.717) is 23.0 Å². The van der Waals surface area contributed by atoms with Crippen molar-refractivity contribution in [3.63, 3.8) is 0 Å². The molecule has 2 unspecified atom stereocenters. The Morgan fingerprint density at radius 1 is 1.27 bits per heavy atom. The first-order chi connectivity index (χ1) is 16.0. The zero-order valence-electron chi connectivity index (χ0n) is 17.5. The SMILES string of the molecule is O=C1C(=O)C(N2CCCCC2)C1NCCSc1nonc1C(=Nc1ccc(F)c(Br)c1)NO. The maximum atomic E-state index is 13.4. The number of hydrogen-bond donors (Lipinski definition) is 3. The normalized spacial score (nSPS) is 21.8. The molecule has 1 aromatic carbocycles. The van der Waals surface area contributed by atoms with E-state index in [1.165, 1.54) is 30.0 Å². The van der Waals surface area contributed by atoms with Gasteiger partial charge in [-0.3, -0.25) is 25.2 Å². The van der Waals surface area contributed by atoms with Gasteiger partial charge in [-0.25, -0.2) is 14.0 Å². The van der Waals surface area contributed by atoms with Crippen LogP contribution in [-0.2, 0) is 9.59 Å². The van der Waals surface area contributed by atoms with Gasteiger partial charge in [0.2, 0.25) is 11.6 Å². The Balaban J connectivity index is 1.35. The Morgan fingerprint density at radius 2 is 2.06 bits per heavy atom. The second-order valence-corrected chi connectivity index (χ2v) is 9.58. The summed E-state index contributed by atoms with van der Waals surface area (Å²) in [5.41, 5.74) is 2.53. The molecule has 1 saturated heterocycles. The fourth-order valence-electron chi connectivity index (χ4n) is 3.87. The van der Waals surface area contributed by atoms with Gasteiger partial charge in [0.15, 0.2) is 16.6 Å². The first-order valence-corrected chi connectivity index (χ1v) is 12.2. The molecule has 1 aromatic heterocycles. The number of carbonyl (C=O) groups is 2. The summed E-state index contributed by atoms with van der Waals surface area (Å²) in [5.74, 6) is -0.633. The number of amidine groups is 1. The number of aromatic nitrogens is 2. The highest BCUT2D eigenvalue weighted by Crippen LogP contribution is 2.25. The summed E-state index contributed by atoms with van der Waals surface area (Å²) in [7, 11) is 0. The third-order valence-corrected chi connectivity index (χ3v) is 7.09. The minimum atomic E-state index is -0.487. The van der Waals surface area contributed by atoms with Crippen LogP contribution in [0.25, 0.3) is 0 Å². The van der Waals surface area contributed by atoms with Crippen molar-refractivity contribution in [1.29, 1.82) is 0 Å². The number of carbonyl (C=O) groups excluding carboxylic acids is 2. The van der Waals surface area contributed by atoms with Crippen LogP contribution in [0.5, 0.6) is 0 Å². The predicted octanol–water partition coefficient (Wildman–Crippen LogP) is 2.08. The molecule has 2 aliphatic rings. The van der Waals surface area contributed by atoms with Crippen LogP contribution in [0.1, 0.15) is 25.0 Å². The van der Waals surface area contributed by atoms with Crippen molar-refractivity contribution in [3.8, 4) is 0 Å². The average Bonchev–Trinajstić information content (AvgIpc) is 3.30. The lowest BCUT2D eigenvalue weighted by molar-refractivity contribution is -0.152. The van der Waals surface area contributed by atoms with E-state index in [4.69, 9.17) is 4.63 Å². The molecule has 33 heavy (non-hydrogen) atoms. The van der Waals surface area contributed by atoms with Crippen LogP contribution in [0.15, 0.2) is 37.3 Å². The molecular formula is C20H22BrFN6O4S. The number of hydroxylamine groups is 1. The van der Waals surface area contributed by atoms with Crippen molar-refractivity contribution in [2.45, 2.75) is 36.4 Å². The second kappa shape index (κ2) is 10.8. The zero-order valence-corrected chi connectivity index (χ0v) is 19.9.